The summed E-state index contributed by atoms with van der Waals surface area (Å²) in [6.07, 6.45) is 1.65. The van der Waals surface area contributed by atoms with Crippen LogP contribution in [0.5, 0.6) is 0 Å². The normalized spacial score (nSPS) is 12.4. The van der Waals surface area contributed by atoms with E-state index in [2.05, 4.69) is 0 Å². The van der Waals surface area contributed by atoms with Crippen molar-refractivity contribution in [1.29, 1.82) is 0 Å². The highest BCUT2D eigenvalue weighted by Gasteiger charge is 2.24. The van der Waals surface area contributed by atoms with Gasteiger partial charge in [-0.15, -0.1) is 0 Å². The number of nitrogens with zero attached hydrogens (tertiary/aromatic N) is 1. The number of benzene rings is 2. The minimum absolute atomic E-state index is 0.244. The number of unbranched alkanes of at least 4 members (excludes halogenated alkanes) is 1. The molecule has 0 amide bonds. The van der Waals surface area contributed by atoms with Crippen molar-refractivity contribution in [2.75, 3.05) is 0 Å². The average molecular weight is 337 g/mol. The van der Waals surface area contributed by atoms with Crippen LogP contribution in [0.25, 0.3) is 21.5 Å². The van der Waals surface area contributed by atoms with E-state index < -0.39 is 23.1 Å². The third kappa shape index (κ3) is 2.93. The van der Waals surface area contributed by atoms with Crippen LogP contribution in [-0.4, -0.2) is 15.6 Å². The van der Waals surface area contributed by atoms with Gasteiger partial charge in [0.25, 0.3) is 11.1 Å². The van der Waals surface area contributed by atoms with Gasteiger partial charge in [-0.05, 0) is 29.3 Å². The van der Waals surface area contributed by atoms with Crippen LogP contribution in [0.4, 0.5) is 0 Å². The minimum atomic E-state index is -1.17. The number of rotatable bonds is 5. The fourth-order valence-corrected chi connectivity index (χ4v) is 3.20. The number of fused-ring (bicyclic) bond motifs is 3. The molecule has 1 heterocycles. The summed E-state index contributed by atoms with van der Waals surface area (Å²) in [5.74, 6) is -1.16. The van der Waals surface area contributed by atoms with Gasteiger partial charge in [0.05, 0.1) is 0 Å². The molecule has 3 rings (SSSR count). The largest absolute Gasteiger partial charge is 0.480 e. The Hall–Kier alpha value is -2.95. The number of carbonyl (C=O) groups is 1. The predicted octanol–water partition coefficient (Wildman–Crippen LogP) is 3.33. The van der Waals surface area contributed by atoms with E-state index in [1.807, 2.05) is 6.92 Å². The molecule has 3 aromatic rings. The van der Waals surface area contributed by atoms with Crippen molar-refractivity contribution < 1.29 is 9.90 Å². The van der Waals surface area contributed by atoms with Crippen molar-refractivity contribution in [3.05, 3.63) is 69.2 Å². The molecule has 0 saturated carbocycles. The van der Waals surface area contributed by atoms with Crippen molar-refractivity contribution in [3.8, 4) is 0 Å². The van der Waals surface area contributed by atoms with Gasteiger partial charge in [0, 0.05) is 10.8 Å². The molecule has 0 spiro atoms. The first-order valence-electron chi connectivity index (χ1n) is 8.35. The average Bonchev–Trinajstić information content (AvgIpc) is 2.71. The third-order valence-electron chi connectivity index (χ3n) is 4.47. The predicted molar refractivity (Wildman–Crippen MR) is 98.2 cm³/mol. The van der Waals surface area contributed by atoms with E-state index in [-0.39, 0.29) is 6.42 Å². The fraction of sp³-hybridized carbons (Fsp3) is 0.250. The summed E-state index contributed by atoms with van der Waals surface area (Å²) >= 11 is 0. The Morgan fingerprint density at radius 2 is 1.36 bits per heavy atom. The summed E-state index contributed by atoms with van der Waals surface area (Å²) < 4.78 is 0.919. The molecule has 5 heteroatoms. The van der Waals surface area contributed by atoms with Gasteiger partial charge in [0.15, 0.2) is 0 Å². The maximum absolute atomic E-state index is 13.1. The van der Waals surface area contributed by atoms with E-state index in [1.54, 1.807) is 48.5 Å². The van der Waals surface area contributed by atoms with Crippen molar-refractivity contribution in [1.82, 2.24) is 4.57 Å². The second-order valence-electron chi connectivity index (χ2n) is 6.07. The van der Waals surface area contributed by atoms with Gasteiger partial charge in [-0.1, -0.05) is 56.2 Å². The summed E-state index contributed by atoms with van der Waals surface area (Å²) in [5.41, 5.74) is -1.11. The van der Waals surface area contributed by atoms with Crippen LogP contribution >= 0.6 is 0 Å². The van der Waals surface area contributed by atoms with E-state index in [1.165, 1.54) is 0 Å². The first-order chi connectivity index (χ1) is 12.1. The molecule has 2 aromatic carbocycles. The number of aromatic nitrogens is 1. The molecule has 0 fully saturated rings. The number of aliphatic carboxylic acids is 1. The molecule has 0 aliphatic heterocycles. The second kappa shape index (κ2) is 6.89. The Balaban J connectivity index is 2.52. The third-order valence-corrected chi connectivity index (χ3v) is 4.47. The molecule has 0 radical (unpaired) electrons. The molecule has 0 bridgehead atoms. The number of carboxylic acid groups (broad SMARTS) is 1. The van der Waals surface area contributed by atoms with Crippen LogP contribution in [0, 0.1) is 0 Å². The highest BCUT2D eigenvalue weighted by molar-refractivity contribution is 6.05. The van der Waals surface area contributed by atoms with Crippen molar-refractivity contribution in [2.45, 2.75) is 32.2 Å². The highest BCUT2D eigenvalue weighted by atomic mass is 16.4. The van der Waals surface area contributed by atoms with E-state index in [0.29, 0.717) is 28.0 Å². The van der Waals surface area contributed by atoms with Gasteiger partial charge >= 0.3 is 5.97 Å². The van der Waals surface area contributed by atoms with Gasteiger partial charge in [-0.2, -0.15) is 0 Å². The lowest BCUT2D eigenvalue weighted by molar-refractivity contribution is -0.141. The van der Waals surface area contributed by atoms with Crippen LogP contribution in [0.2, 0.25) is 0 Å². The molecule has 1 aromatic heterocycles. The highest BCUT2D eigenvalue weighted by Crippen LogP contribution is 2.21. The Kier molecular flexibility index (Phi) is 4.65. The maximum atomic E-state index is 13.1. The van der Waals surface area contributed by atoms with Gasteiger partial charge in [0.1, 0.15) is 6.04 Å². The molecular formula is C20H19NO4. The molecule has 25 heavy (non-hydrogen) atoms. The maximum Gasteiger partial charge on any atom is 0.326 e. The van der Waals surface area contributed by atoms with E-state index >= 15 is 0 Å². The summed E-state index contributed by atoms with van der Waals surface area (Å²) in [6, 6.07) is 12.7. The Labute approximate surface area is 144 Å². The second-order valence-corrected chi connectivity index (χ2v) is 6.07. The quantitative estimate of drug-likeness (QED) is 0.775. The molecular weight excluding hydrogens is 318 g/mol. The smallest absolute Gasteiger partial charge is 0.326 e. The van der Waals surface area contributed by atoms with Crippen molar-refractivity contribution in [3.63, 3.8) is 0 Å². The Morgan fingerprint density at radius 1 is 0.920 bits per heavy atom. The molecule has 1 atom stereocenters. The van der Waals surface area contributed by atoms with Crippen LogP contribution in [0.3, 0.4) is 0 Å². The summed E-state index contributed by atoms with van der Waals surface area (Å²) in [7, 11) is 0. The molecule has 128 valence electrons. The van der Waals surface area contributed by atoms with Crippen LogP contribution in [0.15, 0.2) is 58.1 Å². The first-order valence-corrected chi connectivity index (χ1v) is 8.35. The number of carboxylic acids is 1. The Bertz CT molecular complexity index is 996. The number of hydrogen-bond donors (Lipinski definition) is 1. The van der Waals surface area contributed by atoms with Gasteiger partial charge in [0.2, 0.25) is 0 Å². The number of hydrogen-bond acceptors (Lipinski definition) is 3. The molecule has 1 N–H and O–H groups in total. The fourth-order valence-electron chi connectivity index (χ4n) is 3.20. The Morgan fingerprint density at radius 3 is 1.76 bits per heavy atom. The molecule has 5 nitrogen and oxygen atoms in total. The molecule has 0 aliphatic rings. The molecule has 1 unspecified atom stereocenters. The lowest BCUT2D eigenvalue weighted by Gasteiger charge is -2.13. The minimum Gasteiger partial charge on any atom is -0.480 e. The zero-order chi connectivity index (χ0) is 18.0. The van der Waals surface area contributed by atoms with Crippen molar-refractivity contribution in [2.24, 2.45) is 0 Å². The standard InChI is InChI=1S/C20H19NO4/c1-2-3-12-17(20(24)25)21-18(22)15-10-6-4-8-13(15)14-9-5-7-11-16(14)19(21)23/h4-11,17H,2-3,12H2,1H3,(H,24,25). The van der Waals surface area contributed by atoms with Crippen molar-refractivity contribution >= 4 is 27.5 Å². The summed E-state index contributed by atoms with van der Waals surface area (Å²) in [4.78, 5) is 37.9. The lowest BCUT2D eigenvalue weighted by Crippen LogP contribution is -2.37. The zero-order valence-corrected chi connectivity index (χ0v) is 13.9. The molecule has 0 saturated heterocycles. The zero-order valence-electron chi connectivity index (χ0n) is 13.9. The first kappa shape index (κ1) is 16.9. The van der Waals surface area contributed by atoms with E-state index in [9.17, 15) is 19.5 Å². The molecule has 0 aliphatic carbocycles. The van der Waals surface area contributed by atoms with E-state index in [0.717, 1.165) is 11.0 Å². The summed E-state index contributed by atoms with van der Waals surface area (Å²) in [6.45, 7) is 1.94. The van der Waals surface area contributed by atoms with Crippen LogP contribution < -0.4 is 11.1 Å². The topological polar surface area (TPSA) is 76.4 Å². The SMILES string of the molecule is CCCCC(C(=O)O)n1c(=O)c2ccccc2c2ccccc2c1=O. The van der Waals surface area contributed by atoms with Gasteiger partial charge < -0.3 is 5.11 Å². The monoisotopic (exact) mass is 337 g/mol. The van der Waals surface area contributed by atoms with Gasteiger partial charge in [-0.3, -0.25) is 14.2 Å². The van der Waals surface area contributed by atoms with Crippen LogP contribution in [-0.2, 0) is 4.79 Å². The lowest BCUT2D eigenvalue weighted by atomic mass is 10.1. The van der Waals surface area contributed by atoms with E-state index in [4.69, 9.17) is 0 Å². The summed E-state index contributed by atoms with van der Waals surface area (Å²) in [5, 5.41) is 11.6. The van der Waals surface area contributed by atoms with Gasteiger partial charge in [-0.25, -0.2) is 4.79 Å². The van der Waals surface area contributed by atoms with Crippen LogP contribution in [0.1, 0.15) is 32.2 Å².